The molecule has 0 radical (unpaired) electrons. The number of likely N-dealkylation sites (tertiary alicyclic amines) is 1. The summed E-state index contributed by atoms with van der Waals surface area (Å²) in [4.78, 5) is 5.15. The lowest BCUT2D eigenvalue weighted by Crippen LogP contribution is -2.35. The Balaban J connectivity index is 1.77. The van der Waals surface area contributed by atoms with Crippen LogP contribution in [0.5, 0.6) is 0 Å². The Morgan fingerprint density at radius 3 is 2.36 bits per heavy atom. The van der Waals surface area contributed by atoms with Gasteiger partial charge in [-0.3, -0.25) is 0 Å². The molecule has 0 unspecified atom stereocenters. The maximum atomic E-state index is 2.68. The maximum Gasteiger partial charge on any atom is 0.00502 e. The van der Waals surface area contributed by atoms with E-state index in [1.54, 1.807) is 0 Å². The molecule has 0 N–H and O–H groups in total. The number of hydrogen-bond donors (Lipinski definition) is 0. The van der Waals surface area contributed by atoms with Crippen LogP contribution in [0.25, 0.3) is 0 Å². The van der Waals surface area contributed by atoms with Gasteiger partial charge in [-0.05, 0) is 57.8 Å². The van der Waals surface area contributed by atoms with E-state index < -0.39 is 0 Å². The monoisotopic (exact) mass is 196 g/mol. The molecule has 1 aliphatic heterocycles. The highest BCUT2D eigenvalue weighted by molar-refractivity contribution is 4.97. The van der Waals surface area contributed by atoms with Crippen LogP contribution in [0.1, 0.15) is 32.6 Å². The zero-order valence-electron chi connectivity index (χ0n) is 9.76. The third-order valence-corrected chi connectivity index (χ3v) is 3.86. The Kier molecular flexibility index (Phi) is 3.13. The SMILES string of the molecule is CCN(C)CC1(CN2CCCC2)CC1. The van der Waals surface area contributed by atoms with Gasteiger partial charge < -0.3 is 9.80 Å². The van der Waals surface area contributed by atoms with Crippen LogP contribution >= 0.6 is 0 Å². The molecule has 1 aliphatic carbocycles. The third kappa shape index (κ3) is 2.48. The van der Waals surface area contributed by atoms with Gasteiger partial charge in [0.05, 0.1) is 0 Å². The van der Waals surface area contributed by atoms with Crippen LogP contribution in [0.3, 0.4) is 0 Å². The molecule has 0 atom stereocenters. The molecule has 1 heterocycles. The predicted octanol–water partition coefficient (Wildman–Crippen LogP) is 1.81. The Bertz CT molecular complexity index is 181. The zero-order chi connectivity index (χ0) is 10.0. The summed E-state index contributed by atoms with van der Waals surface area (Å²) in [6.07, 6.45) is 5.79. The van der Waals surface area contributed by atoms with E-state index in [0.717, 1.165) is 0 Å². The Labute approximate surface area is 88.3 Å². The Hall–Kier alpha value is -0.0800. The maximum absolute atomic E-state index is 2.68. The van der Waals surface area contributed by atoms with E-state index in [2.05, 4.69) is 23.8 Å². The molecule has 1 saturated heterocycles. The topological polar surface area (TPSA) is 6.48 Å². The van der Waals surface area contributed by atoms with E-state index >= 15 is 0 Å². The van der Waals surface area contributed by atoms with Gasteiger partial charge in [-0.2, -0.15) is 0 Å². The summed E-state index contributed by atoms with van der Waals surface area (Å²) in [5.74, 6) is 0. The predicted molar refractivity (Wildman–Crippen MR) is 60.5 cm³/mol. The minimum Gasteiger partial charge on any atom is -0.306 e. The first-order valence-corrected chi connectivity index (χ1v) is 6.15. The van der Waals surface area contributed by atoms with Crippen molar-refractivity contribution in [2.75, 3.05) is 39.8 Å². The lowest BCUT2D eigenvalue weighted by Gasteiger charge is -2.26. The first-order chi connectivity index (χ1) is 6.74. The number of rotatable bonds is 5. The highest BCUT2D eigenvalue weighted by Gasteiger charge is 2.44. The molecule has 2 nitrogen and oxygen atoms in total. The lowest BCUT2D eigenvalue weighted by molar-refractivity contribution is 0.204. The lowest BCUT2D eigenvalue weighted by atomic mass is 10.1. The number of hydrogen-bond acceptors (Lipinski definition) is 2. The van der Waals surface area contributed by atoms with Crippen LogP contribution in [0.15, 0.2) is 0 Å². The fourth-order valence-corrected chi connectivity index (χ4v) is 2.64. The normalized spacial score (nSPS) is 25.9. The average Bonchev–Trinajstić information content (AvgIpc) is 2.72. The van der Waals surface area contributed by atoms with Crippen LogP contribution in [-0.4, -0.2) is 49.6 Å². The highest BCUT2D eigenvalue weighted by atomic mass is 15.2. The van der Waals surface area contributed by atoms with E-state index in [0.29, 0.717) is 5.41 Å². The molecule has 2 heteroatoms. The van der Waals surface area contributed by atoms with Crippen molar-refractivity contribution in [2.24, 2.45) is 5.41 Å². The Morgan fingerprint density at radius 1 is 1.21 bits per heavy atom. The van der Waals surface area contributed by atoms with Gasteiger partial charge >= 0.3 is 0 Å². The van der Waals surface area contributed by atoms with Crippen molar-refractivity contribution in [3.05, 3.63) is 0 Å². The first kappa shape index (κ1) is 10.4. The van der Waals surface area contributed by atoms with Crippen molar-refractivity contribution in [2.45, 2.75) is 32.6 Å². The molecule has 0 amide bonds. The summed E-state index contributed by atoms with van der Waals surface area (Å²) in [5, 5.41) is 0. The van der Waals surface area contributed by atoms with Crippen LogP contribution in [0.2, 0.25) is 0 Å². The summed E-state index contributed by atoms with van der Waals surface area (Å²) < 4.78 is 0. The second kappa shape index (κ2) is 4.19. The van der Waals surface area contributed by atoms with E-state index in [1.165, 1.54) is 58.4 Å². The molecular formula is C12H24N2. The number of nitrogens with zero attached hydrogens (tertiary/aromatic N) is 2. The van der Waals surface area contributed by atoms with Crippen molar-refractivity contribution in [1.82, 2.24) is 9.80 Å². The molecule has 14 heavy (non-hydrogen) atoms. The van der Waals surface area contributed by atoms with Gasteiger partial charge in [-0.15, -0.1) is 0 Å². The molecule has 0 aromatic rings. The molecule has 0 bridgehead atoms. The van der Waals surface area contributed by atoms with Crippen molar-refractivity contribution < 1.29 is 0 Å². The molecule has 1 saturated carbocycles. The molecule has 0 aromatic carbocycles. The third-order valence-electron chi connectivity index (χ3n) is 3.86. The average molecular weight is 196 g/mol. The van der Waals surface area contributed by atoms with Crippen LogP contribution in [0, 0.1) is 5.41 Å². The van der Waals surface area contributed by atoms with Crippen molar-refractivity contribution in [1.29, 1.82) is 0 Å². The molecule has 2 aliphatic rings. The van der Waals surface area contributed by atoms with Crippen molar-refractivity contribution >= 4 is 0 Å². The summed E-state index contributed by atoms with van der Waals surface area (Å²) in [7, 11) is 2.25. The van der Waals surface area contributed by atoms with E-state index in [4.69, 9.17) is 0 Å². The molecule has 82 valence electrons. The molecular weight excluding hydrogens is 172 g/mol. The second-order valence-corrected chi connectivity index (χ2v) is 5.31. The van der Waals surface area contributed by atoms with Gasteiger partial charge in [0.2, 0.25) is 0 Å². The fourth-order valence-electron chi connectivity index (χ4n) is 2.64. The van der Waals surface area contributed by atoms with E-state index in [-0.39, 0.29) is 0 Å². The van der Waals surface area contributed by atoms with Gasteiger partial charge in [-0.25, -0.2) is 0 Å². The summed E-state index contributed by atoms with van der Waals surface area (Å²) in [6.45, 7) is 8.86. The smallest absolute Gasteiger partial charge is 0.00502 e. The molecule has 2 fully saturated rings. The van der Waals surface area contributed by atoms with Crippen LogP contribution in [-0.2, 0) is 0 Å². The molecule has 0 aromatic heterocycles. The Morgan fingerprint density at radius 2 is 1.86 bits per heavy atom. The quantitative estimate of drug-likeness (QED) is 0.662. The molecule has 2 rings (SSSR count). The van der Waals surface area contributed by atoms with E-state index in [1.807, 2.05) is 0 Å². The van der Waals surface area contributed by atoms with Gasteiger partial charge in [0.25, 0.3) is 0 Å². The minimum absolute atomic E-state index is 0.690. The van der Waals surface area contributed by atoms with Gasteiger partial charge in [0.1, 0.15) is 0 Å². The largest absolute Gasteiger partial charge is 0.306 e. The van der Waals surface area contributed by atoms with Gasteiger partial charge in [0.15, 0.2) is 0 Å². The standard InChI is InChI=1S/C12H24N2/c1-3-13(2)10-12(6-7-12)11-14-8-4-5-9-14/h3-11H2,1-2H3. The summed E-state index contributed by atoms with van der Waals surface area (Å²) in [5.41, 5.74) is 0.690. The zero-order valence-corrected chi connectivity index (χ0v) is 9.76. The fraction of sp³-hybridized carbons (Fsp3) is 1.00. The van der Waals surface area contributed by atoms with E-state index in [9.17, 15) is 0 Å². The second-order valence-electron chi connectivity index (χ2n) is 5.31. The van der Waals surface area contributed by atoms with Crippen molar-refractivity contribution in [3.63, 3.8) is 0 Å². The van der Waals surface area contributed by atoms with Crippen molar-refractivity contribution in [3.8, 4) is 0 Å². The highest BCUT2D eigenvalue weighted by Crippen LogP contribution is 2.47. The van der Waals surface area contributed by atoms with Crippen LogP contribution in [0.4, 0.5) is 0 Å². The summed E-state index contributed by atoms with van der Waals surface area (Å²) >= 11 is 0. The van der Waals surface area contributed by atoms with Gasteiger partial charge in [0, 0.05) is 13.1 Å². The molecule has 0 spiro atoms. The first-order valence-electron chi connectivity index (χ1n) is 6.15. The van der Waals surface area contributed by atoms with Crippen LogP contribution < -0.4 is 0 Å². The summed E-state index contributed by atoms with van der Waals surface area (Å²) in [6, 6.07) is 0. The van der Waals surface area contributed by atoms with Gasteiger partial charge in [-0.1, -0.05) is 6.92 Å². The minimum atomic E-state index is 0.690.